The van der Waals surface area contributed by atoms with E-state index in [-0.39, 0.29) is 0 Å². The van der Waals surface area contributed by atoms with Crippen molar-refractivity contribution < 1.29 is 0 Å². The topological polar surface area (TPSA) is 24.1 Å². The maximum absolute atomic E-state index is 3.57. The van der Waals surface area contributed by atoms with Gasteiger partial charge in [0.15, 0.2) is 0 Å². The van der Waals surface area contributed by atoms with Crippen molar-refractivity contribution in [2.24, 2.45) is 0 Å². The molecular formula is C13H20N2. The van der Waals surface area contributed by atoms with E-state index in [1.807, 2.05) is 0 Å². The molecule has 1 aliphatic rings. The fourth-order valence-electron chi connectivity index (χ4n) is 1.79. The van der Waals surface area contributed by atoms with E-state index in [1.165, 1.54) is 11.1 Å². The Bertz CT molecular complexity index is 301. The Morgan fingerprint density at radius 1 is 1.33 bits per heavy atom. The van der Waals surface area contributed by atoms with Gasteiger partial charge in [-0.2, -0.15) is 0 Å². The minimum absolute atomic E-state index is 0.603. The minimum atomic E-state index is 0.603. The van der Waals surface area contributed by atoms with E-state index in [2.05, 4.69) is 48.7 Å². The molecule has 0 radical (unpaired) electrons. The summed E-state index contributed by atoms with van der Waals surface area (Å²) < 4.78 is 0. The second-order valence-electron chi connectivity index (χ2n) is 4.58. The summed E-state index contributed by atoms with van der Waals surface area (Å²) in [5.41, 5.74) is 2.77. The molecule has 1 aromatic rings. The van der Waals surface area contributed by atoms with Crippen molar-refractivity contribution in [1.29, 1.82) is 0 Å². The van der Waals surface area contributed by atoms with Crippen LogP contribution in [-0.4, -0.2) is 25.7 Å². The molecule has 1 saturated heterocycles. The van der Waals surface area contributed by atoms with Crippen LogP contribution in [0.5, 0.6) is 0 Å². The molecule has 2 nitrogen and oxygen atoms in total. The highest BCUT2D eigenvalue weighted by Gasteiger charge is 2.16. The summed E-state index contributed by atoms with van der Waals surface area (Å²) in [5.74, 6) is 0.603. The number of nitrogens with one attached hydrogen (secondary N) is 2. The molecule has 1 fully saturated rings. The summed E-state index contributed by atoms with van der Waals surface area (Å²) >= 11 is 0. The molecule has 1 aliphatic heterocycles. The van der Waals surface area contributed by atoms with Crippen LogP contribution in [0.25, 0.3) is 0 Å². The Labute approximate surface area is 92.1 Å². The van der Waals surface area contributed by atoms with Gasteiger partial charge in [0.1, 0.15) is 0 Å². The van der Waals surface area contributed by atoms with Gasteiger partial charge in [0, 0.05) is 25.7 Å². The SMILES string of the molecule is Cc1ccc(C(C)CNC2CNC2)cc1. The average molecular weight is 204 g/mol. The van der Waals surface area contributed by atoms with Crippen LogP contribution >= 0.6 is 0 Å². The summed E-state index contributed by atoms with van der Waals surface area (Å²) in [4.78, 5) is 0. The molecular weight excluding hydrogens is 184 g/mol. The molecule has 2 N–H and O–H groups in total. The molecule has 0 aliphatic carbocycles. The van der Waals surface area contributed by atoms with Gasteiger partial charge in [0.05, 0.1) is 0 Å². The van der Waals surface area contributed by atoms with E-state index in [9.17, 15) is 0 Å². The first-order valence-electron chi connectivity index (χ1n) is 5.76. The second-order valence-corrected chi connectivity index (χ2v) is 4.58. The molecule has 1 aromatic carbocycles. The lowest BCUT2D eigenvalue weighted by molar-refractivity contribution is 0.360. The average Bonchev–Trinajstić information content (AvgIpc) is 2.16. The van der Waals surface area contributed by atoms with Crippen molar-refractivity contribution in [1.82, 2.24) is 10.6 Å². The predicted molar refractivity (Wildman–Crippen MR) is 64.3 cm³/mol. The quantitative estimate of drug-likeness (QED) is 0.779. The third-order valence-corrected chi connectivity index (χ3v) is 3.14. The van der Waals surface area contributed by atoms with Gasteiger partial charge in [0.25, 0.3) is 0 Å². The van der Waals surface area contributed by atoms with Gasteiger partial charge in [-0.1, -0.05) is 36.8 Å². The smallest absolute Gasteiger partial charge is 0.0317 e. The highest BCUT2D eigenvalue weighted by atomic mass is 15.1. The van der Waals surface area contributed by atoms with Crippen LogP contribution < -0.4 is 10.6 Å². The lowest BCUT2D eigenvalue weighted by atomic mass is 9.99. The second kappa shape index (κ2) is 4.77. The first-order valence-corrected chi connectivity index (χ1v) is 5.76. The fourth-order valence-corrected chi connectivity index (χ4v) is 1.79. The van der Waals surface area contributed by atoms with Crippen molar-refractivity contribution in [2.75, 3.05) is 19.6 Å². The van der Waals surface area contributed by atoms with E-state index in [4.69, 9.17) is 0 Å². The maximum atomic E-state index is 3.57. The van der Waals surface area contributed by atoms with Crippen molar-refractivity contribution in [2.45, 2.75) is 25.8 Å². The van der Waals surface area contributed by atoms with Crippen LogP contribution in [0.4, 0.5) is 0 Å². The zero-order valence-electron chi connectivity index (χ0n) is 9.59. The highest BCUT2D eigenvalue weighted by Crippen LogP contribution is 2.15. The molecule has 2 heteroatoms. The number of hydrogen-bond donors (Lipinski definition) is 2. The van der Waals surface area contributed by atoms with Crippen LogP contribution in [0, 0.1) is 6.92 Å². The Kier molecular flexibility index (Phi) is 3.39. The molecule has 1 unspecified atom stereocenters. The van der Waals surface area contributed by atoms with Gasteiger partial charge < -0.3 is 10.6 Å². The lowest BCUT2D eigenvalue weighted by Crippen LogP contribution is -2.55. The van der Waals surface area contributed by atoms with Crippen molar-refractivity contribution in [3.05, 3.63) is 35.4 Å². The molecule has 15 heavy (non-hydrogen) atoms. The van der Waals surface area contributed by atoms with Crippen molar-refractivity contribution in [3.8, 4) is 0 Å². The van der Waals surface area contributed by atoms with E-state index < -0.39 is 0 Å². The molecule has 0 saturated carbocycles. The van der Waals surface area contributed by atoms with Crippen LogP contribution in [0.3, 0.4) is 0 Å². The fraction of sp³-hybridized carbons (Fsp3) is 0.538. The standard InChI is InChI=1S/C13H20N2/c1-10-3-5-12(6-4-10)11(2)7-15-13-8-14-9-13/h3-6,11,13-15H,7-9H2,1-2H3. The number of benzene rings is 1. The number of rotatable bonds is 4. The summed E-state index contributed by atoms with van der Waals surface area (Å²) in [6.45, 7) is 7.74. The van der Waals surface area contributed by atoms with Crippen molar-refractivity contribution >= 4 is 0 Å². The number of hydrogen-bond acceptors (Lipinski definition) is 2. The monoisotopic (exact) mass is 204 g/mol. The zero-order chi connectivity index (χ0) is 10.7. The molecule has 0 spiro atoms. The van der Waals surface area contributed by atoms with E-state index >= 15 is 0 Å². The summed E-state index contributed by atoms with van der Waals surface area (Å²) in [5, 5.41) is 6.84. The van der Waals surface area contributed by atoms with E-state index in [0.717, 1.165) is 19.6 Å². The Morgan fingerprint density at radius 3 is 2.53 bits per heavy atom. The van der Waals surface area contributed by atoms with Gasteiger partial charge in [-0.15, -0.1) is 0 Å². The van der Waals surface area contributed by atoms with Gasteiger partial charge in [-0.05, 0) is 18.4 Å². The van der Waals surface area contributed by atoms with E-state index in [0.29, 0.717) is 12.0 Å². The summed E-state index contributed by atoms with van der Waals surface area (Å²) in [6, 6.07) is 9.55. The highest BCUT2D eigenvalue weighted by molar-refractivity contribution is 5.24. The van der Waals surface area contributed by atoms with Crippen molar-refractivity contribution in [3.63, 3.8) is 0 Å². The maximum Gasteiger partial charge on any atom is 0.0317 e. The molecule has 2 rings (SSSR count). The molecule has 1 heterocycles. The van der Waals surface area contributed by atoms with Gasteiger partial charge in [-0.25, -0.2) is 0 Å². The summed E-state index contributed by atoms with van der Waals surface area (Å²) in [7, 11) is 0. The third-order valence-electron chi connectivity index (χ3n) is 3.14. The molecule has 0 bridgehead atoms. The Morgan fingerprint density at radius 2 is 2.00 bits per heavy atom. The molecule has 0 aromatic heterocycles. The predicted octanol–water partition coefficient (Wildman–Crippen LogP) is 1.66. The van der Waals surface area contributed by atoms with E-state index in [1.54, 1.807) is 0 Å². The number of aryl methyl sites for hydroxylation is 1. The minimum Gasteiger partial charge on any atom is -0.314 e. The molecule has 1 atom stereocenters. The first-order chi connectivity index (χ1) is 7.25. The lowest BCUT2D eigenvalue weighted by Gasteiger charge is -2.29. The van der Waals surface area contributed by atoms with Gasteiger partial charge in [-0.3, -0.25) is 0 Å². The van der Waals surface area contributed by atoms with Gasteiger partial charge in [0.2, 0.25) is 0 Å². The first kappa shape index (κ1) is 10.7. The normalized spacial score (nSPS) is 18.5. The van der Waals surface area contributed by atoms with Crippen LogP contribution in [0.1, 0.15) is 24.0 Å². The Balaban J connectivity index is 1.83. The largest absolute Gasteiger partial charge is 0.314 e. The van der Waals surface area contributed by atoms with Crippen LogP contribution in [0.2, 0.25) is 0 Å². The third kappa shape index (κ3) is 2.80. The molecule has 0 amide bonds. The molecule has 82 valence electrons. The zero-order valence-corrected chi connectivity index (χ0v) is 9.59. The van der Waals surface area contributed by atoms with Crippen LogP contribution in [0.15, 0.2) is 24.3 Å². The Hall–Kier alpha value is -0.860. The summed E-state index contributed by atoms with van der Waals surface area (Å²) in [6.07, 6.45) is 0. The van der Waals surface area contributed by atoms with Crippen LogP contribution in [-0.2, 0) is 0 Å². The van der Waals surface area contributed by atoms with Gasteiger partial charge >= 0.3 is 0 Å².